The molecular weight excluding hydrogens is 185 g/mol. The Kier molecular flexibility index (Phi) is 8.23. The van der Waals surface area contributed by atoms with E-state index in [1.165, 1.54) is 4.72 Å². The molecule has 62 valence electrons. The van der Waals surface area contributed by atoms with E-state index in [0.29, 0.717) is 0 Å². The molecule has 0 heterocycles. The fraction of sp³-hybridized carbons (Fsp3) is 1.00. The predicted octanol–water partition coefficient (Wildman–Crippen LogP) is -5.61. The molecule has 6 nitrogen and oxygen atoms in total. The van der Waals surface area contributed by atoms with Gasteiger partial charge in [0.15, 0.2) is 10.3 Å². The summed E-state index contributed by atoms with van der Waals surface area (Å²) in [7, 11) is -4.50. The van der Waals surface area contributed by atoms with Gasteiger partial charge in [-0.1, -0.05) is 0 Å². The number of nitrogens with one attached hydrogen (secondary N) is 1. The van der Waals surface area contributed by atoms with E-state index >= 15 is 0 Å². The van der Waals surface area contributed by atoms with Crippen molar-refractivity contribution in [3.8, 4) is 0 Å². The van der Waals surface area contributed by atoms with E-state index in [2.05, 4.69) is 0 Å². The van der Waals surface area contributed by atoms with E-state index in [4.69, 9.17) is 10.2 Å². The average Bonchev–Trinajstić information content (AvgIpc) is 1.81. The van der Waals surface area contributed by atoms with Gasteiger partial charge in [0.25, 0.3) is 0 Å². The van der Waals surface area contributed by atoms with Crippen molar-refractivity contribution >= 4 is 10.3 Å². The molecule has 0 saturated heterocycles. The minimum absolute atomic E-state index is 0. The molecule has 0 aromatic heterocycles. The Hall–Kier alpha value is 0.790. The van der Waals surface area contributed by atoms with E-state index in [-0.39, 0.29) is 29.6 Å². The maximum absolute atomic E-state index is 9.79. The van der Waals surface area contributed by atoms with Crippen LogP contribution >= 0.6 is 0 Å². The molecule has 0 amide bonds. The molecule has 0 aromatic rings. The SMILES string of the molecule is O=S(=O)([O-])NCC(O)CO.[Na+]. The van der Waals surface area contributed by atoms with Crippen molar-refractivity contribution < 1.29 is 52.7 Å². The van der Waals surface area contributed by atoms with Gasteiger partial charge in [0.1, 0.15) is 0 Å². The van der Waals surface area contributed by atoms with Gasteiger partial charge in [-0.3, -0.25) is 0 Å². The summed E-state index contributed by atoms with van der Waals surface area (Å²) in [5.74, 6) is 0. The maximum Gasteiger partial charge on any atom is 1.00 e. The molecule has 0 saturated carbocycles. The third-order valence-electron chi connectivity index (χ3n) is 0.706. The van der Waals surface area contributed by atoms with Crippen LogP contribution in [0.1, 0.15) is 0 Å². The summed E-state index contributed by atoms with van der Waals surface area (Å²) in [6.45, 7) is -1.04. The molecule has 0 bridgehead atoms. The molecule has 8 heteroatoms. The van der Waals surface area contributed by atoms with E-state index in [1.54, 1.807) is 0 Å². The van der Waals surface area contributed by atoms with Crippen molar-refractivity contribution in [3.05, 3.63) is 0 Å². The third-order valence-corrected chi connectivity index (χ3v) is 1.23. The molecule has 0 aromatic carbocycles. The molecule has 0 spiro atoms. The van der Waals surface area contributed by atoms with Crippen LogP contribution in [0.25, 0.3) is 0 Å². The Morgan fingerprint density at radius 2 is 2.00 bits per heavy atom. The van der Waals surface area contributed by atoms with Crippen LogP contribution in [-0.2, 0) is 10.3 Å². The van der Waals surface area contributed by atoms with Crippen molar-refractivity contribution in [2.45, 2.75) is 6.10 Å². The molecule has 0 aliphatic heterocycles. The van der Waals surface area contributed by atoms with Crippen LogP contribution in [0.5, 0.6) is 0 Å². The number of hydrogen-bond donors (Lipinski definition) is 3. The summed E-state index contributed by atoms with van der Waals surface area (Å²) in [6, 6.07) is 0. The zero-order valence-electron chi connectivity index (χ0n) is 6.02. The fourth-order valence-electron chi connectivity index (χ4n) is 0.263. The van der Waals surface area contributed by atoms with Crippen molar-refractivity contribution in [1.82, 2.24) is 4.72 Å². The van der Waals surface area contributed by atoms with E-state index in [1.807, 2.05) is 0 Å². The number of aliphatic hydroxyl groups excluding tert-OH is 2. The normalized spacial score (nSPS) is 13.7. The first kappa shape index (κ1) is 14.3. The second kappa shape index (κ2) is 6.32. The average molecular weight is 193 g/mol. The molecule has 11 heavy (non-hydrogen) atoms. The van der Waals surface area contributed by atoms with Crippen molar-refractivity contribution in [2.24, 2.45) is 0 Å². The monoisotopic (exact) mass is 193 g/mol. The molecule has 1 atom stereocenters. The molecule has 0 rings (SSSR count). The fourth-order valence-corrected chi connectivity index (χ4v) is 0.659. The van der Waals surface area contributed by atoms with Gasteiger partial charge in [-0.05, 0) is 0 Å². The number of rotatable bonds is 4. The topological polar surface area (TPSA) is 110 Å². The van der Waals surface area contributed by atoms with Crippen LogP contribution in [0.4, 0.5) is 0 Å². The summed E-state index contributed by atoms with van der Waals surface area (Å²) in [5.41, 5.74) is 0. The van der Waals surface area contributed by atoms with E-state index < -0.39 is 29.6 Å². The Balaban J connectivity index is 0. The van der Waals surface area contributed by atoms with Crippen molar-refractivity contribution in [3.63, 3.8) is 0 Å². The van der Waals surface area contributed by atoms with Gasteiger partial charge in [-0.15, -0.1) is 0 Å². The van der Waals surface area contributed by atoms with E-state index in [9.17, 15) is 13.0 Å². The van der Waals surface area contributed by atoms with Crippen LogP contribution in [0.3, 0.4) is 0 Å². The molecule has 0 aliphatic rings. The van der Waals surface area contributed by atoms with E-state index in [0.717, 1.165) is 0 Å². The van der Waals surface area contributed by atoms with Gasteiger partial charge in [0, 0.05) is 6.54 Å². The Labute approximate surface area is 86.8 Å². The van der Waals surface area contributed by atoms with Crippen LogP contribution in [0.15, 0.2) is 0 Å². The first-order valence-corrected chi connectivity index (χ1v) is 3.86. The summed E-state index contributed by atoms with van der Waals surface area (Å²) in [4.78, 5) is 0. The van der Waals surface area contributed by atoms with Gasteiger partial charge in [0.2, 0.25) is 0 Å². The first-order chi connectivity index (χ1) is 4.45. The second-order valence-electron chi connectivity index (χ2n) is 1.64. The summed E-state index contributed by atoms with van der Waals surface area (Å²) < 4.78 is 30.9. The molecule has 0 radical (unpaired) electrons. The molecular formula is C3H8NNaO5S. The Morgan fingerprint density at radius 1 is 1.55 bits per heavy atom. The minimum atomic E-state index is -4.50. The van der Waals surface area contributed by atoms with Crippen molar-refractivity contribution in [1.29, 1.82) is 0 Å². The van der Waals surface area contributed by atoms with Crippen LogP contribution < -0.4 is 34.3 Å². The summed E-state index contributed by atoms with van der Waals surface area (Å²) in [6.07, 6.45) is -1.22. The van der Waals surface area contributed by atoms with Gasteiger partial charge in [0.05, 0.1) is 12.7 Å². The standard InChI is InChI=1S/C3H9NO5S.Na/c5-2-3(6)1-4-10(7,8)9;/h3-6H,1-2H2,(H,7,8,9);/q;+1/p-1. The second-order valence-corrected chi connectivity index (χ2v) is 2.84. The quantitative estimate of drug-likeness (QED) is 0.304. The third kappa shape index (κ3) is 10.8. The van der Waals surface area contributed by atoms with Crippen LogP contribution in [0, 0.1) is 0 Å². The molecule has 0 aliphatic carbocycles. The van der Waals surface area contributed by atoms with Gasteiger partial charge in [-0.25, -0.2) is 13.1 Å². The molecule has 3 N–H and O–H groups in total. The summed E-state index contributed by atoms with van der Waals surface area (Å²) in [5, 5.41) is 16.7. The van der Waals surface area contributed by atoms with Gasteiger partial charge < -0.3 is 14.8 Å². The number of hydrogen-bond acceptors (Lipinski definition) is 5. The van der Waals surface area contributed by atoms with Crippen LogP contribution in [0.2, 0.25) is 0 Å². The van der Waals surface area contributed by atoms with Gasteiger partial charge in [-0.2, -0.15) is 0 Å². The summed E-state index contributed by atoms with van der Waals surface area (Å²) >= 11 is 0. The number of aliphatic hydroxyl groups is 2. The smallest absolute Gasteiger partial charge is 0.735 e. The van der Waals surface area contributed by atoms with Crippen molar-refractivity contribution in [2.75, 3.05) is 13.2 Å². The largest absolute Gasteiger partial charge is 1.00 e. The zero-order valence-corrected chi connectivity index (χ0v) is 8.84. The maximum atomic E-state index is 9.79. The zero-order chi connectivity index (χ0) is 8.20. The predicted molar refractivity (Wildman–Crippen MR) is 30.8 cm³/mol. The first-order valence-electron chi connectivity index (χ1n) is 2.45. The van der Waals surface area contributed by atoms with Crippen LogP contribution in [-0.4, -0.2) is 42.4 Å². The minimum Gasteiger partial charge on any atom is -0.735 e. The molecule has 1 unspecified atom stereocenters. The molecule has 0 fully saturated rings. The Bertz CT molecular complexity index is 180. The van der Waals surface area contributed by atoms with Gasteiger partial charge >= 0.3 is 29.6 Å². The Morgan fingerprint density at radius 3 is 2.27 bits per heavy atom.